The Morgan fingerprint density at radius 3 is 2.67 bits per heavy atom. The Morgan fingerprint density at radius 2 is 2.00 bits per heavy atom. The molecule has 1 heterocycles. The fourth-order valence-electron chi connectivity index (χ4n) is 3.55. The number of nitrogens with zero attached hydrogens (tertiary/aromatic N) is 1. The third kappa shape index (κ3) is 5.61. The summed E-state index contributed by atoms with van der Waals surface area (Å²) in [6.07, 6.45) is 4.03. The highest BCUT2D eigenvalue weighted by atomic mass is 16.5. The molecule has 1 aliphatic rings. The molecule has 1 saturated carbocycles. The molecule has 1 fully saturated rings. The summed E-state index contributed by atoms with van der Waals surface area (Å²) in [4.78, 5) is 15.8. The smallest absolute Gasteiger partial charge is 0.335 e. The van der Waals surface area contributed by atoms with E-state index in [0.717, 1.165) is 48.5 Å². The zero-order valence-corrected chi connectivity index (χ0v) is 18.1. The maximum atomic E-state index is 11.2. The van der Waals surface area contributed by atoms with Crippen LogP contribution in [-0.4, -0.2) is 41.5 Å². The molecule has 0 saturated heterocycles. The van der Waals surface area contributed by atoms with Crippen molar-refractivity contribution in [1.82, 2.24) is 4.98 Å². The second kappa shape index (κ2) is 9.62. The van der Waals surface area contributed by atoms with Crippen LogP contribution in [0.5, 0.6) is 5.75 Å². The number of carboxylic acids is 1. The normalized spacial score (nSPS) is 19.6. The van der Waals surface area contributed by atoms with E-state index >= 15 is 0 Å². The lowest BCUT2D eigenvalue weighted by Crippen LogP contribution is -2.37. The first-order valence-electron chi connectivity index (χ1n) is 10.4. The highest BCUT2D eigenvalue weighted by molar-refractivity contribution is 5.76. The van der Waals surface area contributed by atoms with E-state index in [-0.39, 0.29) is 6.10 Å². The predicted molar refractivity (Wildman–Crippen MR) is 111 cm³/mol. The van der Waals surface area contributed by atoms with Crippen LogP contribution in [0.25, 0.3) is 11.5 Å². The number of hydrogen-bond donors (Lipinski definition) is 1. The van der Waals surface area contributed by atoms with Gasteiger partial charge in [0.2, 0.25) is 5.89 Å². The molecule has 164 valence electrons. The quantitative estimate of drug-likeness (QED) is 0.637. The molecule has 2 atom stereocenters. The van der Waals surface area contributed by atoms with Crippen molar-refractivity contribution in [1.29, 1.82) is 0 Å². The Balaban J connectivity index is 1.53. The third-order valence-electron chi connectivity index (χ3n) is 5.62. The standard InChI is InChI=1S/C23H31NO6/c1-15-20(24-21(30-15)17-8-10-18(27-4)11-9-17)14-28-19-7-5-6-16(12-19)13-29-23(2,3)22(25)26/h8-11,16,19H,5-7,12-14H2,1-4H3,(H,25,26). The first kappa shape index (κ1) is 22.3. The van der Waals surface area contributed by atoms with Crippen molar-refractivity contribution in [3.05, 3.63) is 35.7 Å². The summed E-state index contributed by atoms with van der Waals surface area (Å²) < 4.78 is 22.8. The van der Waals surface area contributed by atoms with Crippen molar-refractivity contribution in [2.45, 2.75) is 64.8 Å². The topological polar surface area (TPSA) is 91.0 Å². The number of aryl methyl sites for hydroxylation is 1. The Labute approximate surface area is 177 Å². The van der Waals surface area contributed by atoms with Gasteiger partial charge in [0.1, 0.15) is 17.2 Å². The van der Waals surface area contributed by atoms with Crippen LogP contribution >= 0.6 is 0 Å². The first-order valence-corrected chi connectivity index (χ1v) is 10.4. The summed E-state index contributed by atoms with van der Waals surface area (Å²) >= 11 is 0. The first-order chi connectivity index (χ1) is 14.3. The lowest BCUT2D eigenvalue weighted by molar-refractivity contribution is -0.163. The third-order valence-corrected chi connectivity index (χ3v) is 5.62. The van der Waals surface area contributed by atoms with Gasteiger partial charge >= 0.3 is 5.97 Å². The summed E-state index contributed by atoms with van der Waals surface area (Å²) in [7, 11) is 1.63. The van der Waals surface area contributed by atoms with Gasteiger partial charge < -0.3 is 23.7 Å². The van der Waals surface area contributed by atoms with Crippen LogP contribution in [0.3, 0.4) is 0 Å². The Morgan fingerprint density at radius 1 is 1.27 bits per heavy atom. The average Bonchev–Trinajstić information content (AvgIpc) is 3.11. The maximum absolute atomic E-state index is 11.2. The molecule has 1 aromatic heterocycles. The van der Waals surface area contributed by atoms with Crippen molar-refractivity contribution >= 4 is 5.97 Å². The van der Waals surface area contributed by atoms with E-state index in [1.54, 1.807) is 21.0 Å². The minimum absolute atomic E-state index is 0.112. The largest absolute Gasteiger partial charge is 0.497 e. The molecule has 0 radical (unpaired) electrons. The summed E-state index contributed by atoms with van der Waals surface area (Å²) in [5.74, 6) is 1.46. The van der Waals surface area contributed by atoms with Crippen molar-refractivity contribution in [2.75, 3.05) is 13.7 Å². The maximum Gasteiger partial charge on any atom is 0.335 e. The van der Waals surface area contributed by atoms with Gasteiger partial charge in [0.15, 0.2) is 5.60 Å². The zero-order valence-electron chi connectivity index (χ0n) is 18.1. The molecule has 3 rings (SSSR count). The highest BCUT2D eigenvalue weighted by Crippen LogP contribution is 2.29. The number of oxazole rings is 1. The molecule has 30 heavy (non-hydrogen) atoms. The molecule has 7 nitrogen and oxygen atoms in total. The number of aliphatic carboxylic acids is 1. The van der Waals surface area contributed by atoms with Crippen LogP contribution in [0.4, 0.5) is 0 Å². The molecule has 1 aromatic carbocycles. The van der Waals surface area contributed by atoms with Crippen LogP contribution in [0.15, 0.2) is 28.7 Å². The second-order valence-electron chi connectivity index (χ2n) is 8.34. The SMILES string of the molecule is COc1ccc(-c2nc(COC3CCCC(COC(C)(C)C(=O)O)C3)c(C)o2)cc1. The summed E-state index contributed by atoms with van der Waals surface area (Å²) in [6, 6.07) is 7.58. The molecule has 1 N–H and O–H groups in total. The molecular formula is C23H31NO6. The van der Waals surface area contributed by atoms with E-state index in [2.05, 4.69) is 4.98 Å². The molecular weight excluding hydrogens is 386 g/mol. The van der Waals surface area contributed by atoms with Gasteiger partial charge in [-0.15, -0.1) is 0 Å². The molecule has 0 aliphatic heterocycles. The minimum Gasteiger partial charge on any atom is -0.497 e. The lowest BCUT2D eigenvalue weighted by Gasteiger charge is -2.31. The number of hydrogen-bond acceptors (Lipinski definition) is 6. The zero-order chi connectivity index (χ0) is 21.7. The van der Waals surface area contributed by atoms with Gasteiger partial charge in [0.25, 0.3) is 0 Å². The van der Waals surface area contributed by atoms with E-state index in [0.29, 0.717) is 25.0 Å². The minimum atomic E-state index is -1.16. The number of carboxylic acid groups (broad SMARTS) is 1. The molecule has 7 heteroatoms. The van der Waals surface area contributed by atoms with Crippen molar-refractivity contribution in [3.8, 4) is 17.2 Å². The Kier molecular flexibility index (Phi) is 7.15. The molecule has 2 aromatic rings. The monoisotopic (exact) mass is 417 g/mol. The Bertz CT molecular complexity index is 842. The van der Waals surface area contributed by atoms with E-state index in [9.17, 15) is 9.90 Å². The van der Waals surface area contributed by atoms with Crippen molar-refractivity contribution in [3.63, 3.8) is 0 Å². The number of rotatable bonds is 9. The summed E-state index contributed by atoms with van der Waals surface area (Å²) in [5, 5.41) is 9.20. The molecule has 0 bridgehead atoms. The van der Waals surface area contributed by atoms with Crippen molar-refractivity contribution < 1.29 is 28.5 Å². The van der Waals surface area contributed by atoms with Gasteiger partial charge in [0.05, 0.1) is 26.4 Å². The molecule has 0 amide bonds. The number of ether oxygens (including phenoxy) is 3. The predicted octanol–water partition coefficient (Wildman–Crippen LogP) is 4.61. The van der Waals surface area contributed by atoms with E-state index in [1.165, 1.54) is 0 Å². The Hall–Kier alpha value is -2.38. The van der Waals surface area contributed by atoms with Crippen LogP contribution in [0.2, 0.25) is 0 Å². The van der Waals surface area contributed by atoms with Crippen LogP contribution in [0.1, 0.15) is 51.0 Å². The number of benzene rings is 1. The summed E-state index contributed by atoms with van der Waals surface area (Å²) in [5.41, 5.74) is 0.524. The van der Waals surface area contributed by atoms with Gasteiger partial charge in [-0.1, -0.05) is 6.42 Å². The van der Waals surface area contributed by atoms with Gasteiger partial charge in [-0.3, -0.25) is 0 Å². The molecule has 1 aliphatic carbocycles. The van der Waals surface area contributed by atoms with E-state index in [1.807, 2.05) is 31.2 Å². The van der Waals surface area contributed by atoms with E-state index in [4.69, 9.17) is 18.6 Å². The number of methoxy groups -OCH3 is 1. The summed E-state index contributed by atoms with van der Waals surface area (Å²) in [6.45, 7) is 5.89. The number of aromatic nitrogens is 1. The molecule has 2 unspecified atom stereocenters. The van der Waals surface area contributed by atoms with Crippen LogP contribution < -0.4 is 4.74 Å². The van der Waals surface area contributed by atoms with Gasteiger partial charge in [-0.25, -0.2) is 9.78 Å². The highest BCUT2D eigenvalue weighted by Gasteiger charge is 2.31. The average molecular weight is 418 g/mol. The van der Waals surface area contributed by atoms with Gasteiger partial charge in [0, 0.05) is 5.56 Å². The van der Waals surface area contributed by atoms with Crippen LogP contribution in [0, 0.1) is 12.8 Å². The van der Waals surface area contributed by atoms with E-state index < -0.39 is 11.6 Å². The fourth-order valence-corrected chi connectivity index (χ4v) is 3.55. The van der Waals surface area contributed by atoms with Gasteiger partial charge in [-0.05, 0) is 70.2 Å². The molecule has 0 spiro atoms. The van der Waals surface area contributed by atoms with Gasteiger partial charge in [-0.2, -0.15) is 0 Å². The fraction of sp³-hybridized carbons (Fsp3) is 0.565. The van der Waals surface area contributed by atoms with Crippen molar-refractivity contribution in [2.24, 2.45) is 5.92 Å². The lowest BCUT2D eigenvalue weighted by atomic mass is 9.87. The van der Waals surface area contributed by atoms with Crippen LogP contribution in [-0.2, 0) is 20.9 Å². The number of carbonyl (C=O) groups is 1. The second-order valence-corrected chi connectivity index (χ2v) is 8.34.